The van der Waals surface area contributed by atoms with Crippen LogP contribution >= 0.6 is 0 Å². The fourth-order valence-corrected chi connectivity index (χ4v) is 3.78. The summed E-state index contributed by atoms with van der Waals surface area (Å²) in [6, 6.07) is 10.1. The third kappa shape index (κ3) is 3.59. The standard InChI is InChI=1S/C19H25N5O2/c25-19(20-14-23-10-12-26-13-11-23)15-4-1-2-5-17(15)24-9-3-6-18(24)16-7-8-21-22-16/h1-2,4-5,7-8,18H,3,6,9-14H2,(H,20,25)(H,21,22). The Bertz CT molecular complexity index is 727. The highest BCUT2D eigenvalue weighted by Gasteiger charge is 2.29. The molecule has 138 valence electrons. The van der Waals surface area contributed by atoms with Crippen LogP contribution in [-0.2, 0) is 4.74 Å². The number of morpholine rings is 1. The molecule has 2 aliphatic heterocycles. The summed E-state index contributed by atoms with van der Waals surface area (Å²) in [5.41, 5.74) is 2.82. The van der Waals surface area contributed by atoms with E-state index in [9.17, 15) is 4.79 Å². The molecule has 0 radical (unpaired) electrons. The molecule has 26 heavy (non-hydrogen) atoms. The molecule has 1 aromatic heterocycles. The predicted molar refractivity (Wildman–Crippen MR) is 99.1 cm³/mol. The second-order valence-corrected chi connectivity index (χ2v) is 6.77. The number of H-pyrrole nitrogens is 1. The fourth-order valence-electron chi connectivity index (χ4n) is 3.78. The van der Waals surface area contributed by atoms with Gasteiger partial charge >= 0.3 is 0 Å². The number of benzene rings is 1. The van der Waals surface area contributed by atoms with Crippen molar-refractivity contribution in [1.82, 2.24) is 20.4 Å². The molecule has 4 rings (SSSR count). The number of aromatic amines is 1. The van der Waals surface area contributed by atoms with E-state index in [1.807, 2.05) is 30.3 Å². The maximum absolute atomic E-state index is 12.8. The van der Waals surface area contributed by atoms with Gasteiger partial charge in [0.2, 0.25) is 0 Å². The molecule has 0 bridgehead atoms. The van der Waals surface area contributed by atoms with Gasteiger partial charge in [-0.25, -0.2) is 0 Å². The van der Waals surface area contributed by atoms with Crippen LogP contribution in [0.2, 0.25) is 0 Å². The molecular formula is C19H25N5O2. The molecule has 2 fully saturated rings. The molecule has 1 atom stereocenters. The van der Waals surface area contributed by atoms with Gasteiger partial charge in [-0.2, -0.15) is 5.10 Å². The Kier molecular flexibility index (Phi) is 5.17. The first-order valence-electron chi connectivity index (χ1n) is 9.26. The summed E-state index contributed by atoms with van der Waals surface area (Å²) in [4.78, 5) is 17.4. The summed E-state index contributed by atoms with van der Waals surface area (Å²) in [6.07, 6.45) is 3.95. The zero-order valence-corrected chi connectivity index (χ0v) is 14.9. The van der Waals surface area contributed by atoms with Crippen LogP contribution in [0.5, 0.6) is 0 Å². The topological polar surface area (TPSA) is 73.5 Å². The Morgan fingerprint density at radius 2 is 2.08 bits per heavy atom. The van der Waals surface area contributed by atoms with E-state index in [1.165, 1.54) is 0 Å². The highest BCUT2D eigenvalue weighted by Crippen LogP contribution is 2.36. The molecule has 2 N–H and O–H groups in total. The van der Waals surface area contributed by atoms with E-state index in [2.05, 4.69) is 25.3 Å². The fraction of sp³-hybridized carbons (Fsp3) is 0.474. The van der Waals surface area contributed by atoms with Crippen molar-refractivity contribution in [2.45, 2.75) is 18.9 Å². The Morgan fingerprint density at radius 1 is 1.23 bits per heavy atom. The van der Waals surface area contributed by atoms with E-state index in [-0.39, 0.29) is 11.9 Å². The number of anilines is 1. The van der Waals surface area contributed by atoms with Crippen LogP contribution in [0.25, 0.3) is 0 Å². The van der Waals surface area contributed by atoms with Crippen LogP contribution < -0.4 is 10.2 Å². The summed E-state index contributed by atoms with van der Waals surface area (Å²) >= 11 is 0. The zero-order chi connectivity index (χ0) is 17.8. The zero-order valence-electron chi connectivity index (χ0n) is 14.9. The van der Waals surface area contributed by atoms with Gasteiger partial charge in [0.05, 0.1) is 42.9 Å². The van der Waals surface area contributed by atoms with E-state index < -0.39 is 0 Å². The first-order chi connectivity index (χ1) is 12.8. The van der Waals surface area contributed by atoms with Gasteiger partial charge in [-0.1, -0.05) is 12.1 Å². The Hall–Kier alpha value is -2.38. The normalized spacial score (nSPS) is 21.1. The number of amides is 1. The minimum absolute atomic E-state index is 0.0256. The SMILES string of the molecule is O=C(NCN1CCOCC1)c1ccccc1N1CCCC1c1ccn[nH]1. The Balaban J connectivity index is 1.50. The minimum Gasteiger partial charge on any atom is -0.379 e. The maximum atomic E-state index is 12.8. The number of hydrogen-bond donors (Lipinski definition) is 2. The number of carbonyl (C=O) groups is 1. The van der Waals surface area contributed by atoms with Crippen molar-refractivity contribution >= 4 is 11.6 Å². The number of hydrogen-bond acceptors (Lipinski definition) is 5. The van der Waals surface area contributed by atoms with Crippen molar-refractivity contribution in [3.8, 4) is 0 Å². The predicted octanol–water partition coefficient (Wildman–Crippen LogP) is 1.77. The number of nitrogens with zero attached hydrogens (tertiary/aromatic N) is 3. The average molecular weight is 355 g/mol. The molecule has 2 saturated heterocycles. The van der Waals surface area contributed by atoms with Gasteiger partial charge in [-0.15, -0.1) is 0 Å². The average Bonchev–Trinajstić information content (AvgIpc) is 3.38. The molecule has 2 aliphatic rings. The number of carbonyl (C=O) groups excluding carboxylic acids is 1. The molecule has 0 saturated carbocycles. The second kappa shape index (κ2) is 7.88. The van der Waals surface area contributed by atoms with Gasteiger partial charge in [-0.3, -0.25) is 14.8 Å². The quantitative estimate of drug-likeness (QED) is 0.855. The van der Waals surface area contributed by atoms with Crippen LogP contribution in [0.4, 0.5) is 5.69 Å². The third-order valence-corrected chi connectivity index (χ3v) is 5.16. The molecule has 7 heteroatoms. The highest BCUT2D eigenvalue weighted by atomic mass is 16.5. The first kappa shape index (κ1) is 17.1. The van der Waals surface area contributed by atoms with Crippen molar-refractivity contribution < 1.29 is 9.53 Å². The largest absolute Gasteiger partial charge is 0.379 e. The molecule has 1 amide bonds. The lowest BCUT2D eigenvalue weighted by Gasteiger charge is -2.29. The lowest BCUT2D eigenvalue weighted by atomic mass is 10.1. The molecule has 2 aromatic rings. The van der Waals surface area contributed by atoms with E-state index in [1.54, 1.807) is 6.20 Å². The van der Waals surface area contributed by atoms with Gasteiger partial charge < -0.3 is 15.0 Å². The smallest absolute Gasteiger partial charge is 0.254 e. The molecule has 7 nitrogen and oxygen atoms in total. The van der Waals surface area contributed by atoms with Crippen molar-refractivity contribution in [3.05, 3.63) is 47.8 Å². The number of aromatic nitrogens is 2. The highest BCUT2D eigenvalue weighted by molar-refractivity contribution is 5.99. The van der Waals surface area contributed by atoms with Gasteiger partial charge in [0, 0.05) is 25.8 Å². The second-order valence-electron chi connectivity index (χ2n) is 6.77. The van der Waals surface area contributed by atoms with Crippen LogP contribution in [0.15, 0.2) is 36.5 Å². The lowest BCUT2D eigenvalue weighted by Crippen LogP contribution is -2.44. The van der Waals surface area contributed by atoms with E-state index >= 15 is 0 Å². The van der Waals surface area contributed by atoms with Gasteiger partial charge in [0.1, 0.15) is 0 Å². The Morgan fingerprint density at radius 3 is 2.88 bits per heavy atom. The van der Waals surface area contributed by atoms with Crippen molar-refractivity contribution in [2.24, 2.45) is 0 Å². The molecular weight excluding hydrogens is 330 g/mol. The van der Waals surface area contributed by atoms with E-state index in [0.717, 1.165) is 62.6 Å². The van der Waals surface area contributed by atoms with Crippen molar-refractivity contribution in [3.63, 3.8) is 0 Å². The van der Waals surface area contributed by atoms with Crippen molar-refractivity contribution in [1.29, 1.82) is 0 Å². The van der Waals surface area contributed by atoms with Crippen LogP contribution in [0.3, 0.4) is 0 Å². The van der Waals surface area contributed by atoms with Crippen LogP contribution in [0.1, 0.15) is 34.9 Å². The summed E-state index contributed by atoms with van der Waals surface area (Å²) in [5, 5.41) is 10.2. The number of para-hydroxylation sites is 1. The number of nitrogens with one attached hydrogen (secondary N) is 2. The summed E-state index contributed by atoms with van der Waals surface area (Å²) in [5.74, 6) is -0.0256. The number of rotatable bonds is 5. The van der Waals surface area contributed by atoms with Crippen LogP contribution in [-0.4, -0.2) is 60.5 Å². The van der Waals surface area contributed by atoms with Gasteiger partial charge in [-0.05, 0) is 31.0 Å². The van der Waals surface area contributed by atoms with Crippen molar-refractivity contribution in [2.75, 3.05) is 44.4 Å². The summed E-state index contributed by atoms with van der Waals surface area (Å²) in [6.45, 7) is 4.67. The first-order valence-corrected chi connectivity index (χ1v) is 9.26. The molecule has 1 unspecified atom stereocenters. The molecule has 3 heterocycles. The van der Waals surface area contributed by atoms with Crippen LogP contribution in [0, 0.1) is 0 Å². The monoisotopic (exact) mass is 355 g/mol. The molecule has 1 aromatic carbocycles. The lowest BCUT2D eigenvalue weighted by molar-refractivity contribution is 0.0334. The Labute approximate surface area is 153 Å². The number of ether oxygens (including phenoxy) is 1. The summed E-state index contributed by atoms with van der Waals surface area (Å²) in [7, 11) is 0. The van der Waals surface area contributed by atoms with E-state index in [0.29, 0.717) is 6.67 Å². The maximum Gasteiger partial charge on any atom is 0.254 e. The minimum atomic E-state index is -0.0256. The summed E-state index contributed by atoms with van der Waals surface area (Å²) < 4.78 is 5.36. The third-order valence-electron chi connectivity index (χ3n) is 5.16. The van der Waals surface area contributed by atoms with E-state index in [4.69, 9.17) is 4.74 Å². The van der Waals surface area contributed by atoms with Gasteiger partial charge in [0.25, 0.3) is 5.91 Å². The molecule has 0 spiro atoms. The van der Waals surface area contributed by atoms with Gasteiger partial charge in [0.15, 0.2) is 0 Å². The molecule has 0 aliphatic carbocycles.